The minimum Gasteiger partial charge on any atom is -0.369 e. The maximum Gasteiger partial charge on any atom is 0.237 e. The van der Waals surface area contributed by atoms with Gasteiger partial charge in [-0.1, -0.05) is 0 Å². The predicted molar refractivity (Wildman–Crippen MR) is 89.9 cm³/mol. The van der Waals surface area contributed by atoms with Gasteiger partial charge in [0.15, 0.2) is 0 Å². The highest BCUT2D eigenvalue weighted by molar-refractivity contribution is 5.79. The number of piperidine rings is 2. The van der Waals surface area contributed by atoms with Gasteiger partial charge in [0.05, 0.1) is 18.3 Å². The number of aromatic nitrogens is 2. The second-order valence-corrected chi connectivity index (χ2v) is 6.97. The third-order valence-electron chi connectivity index (χ3n) is 5.25. The average Bonchev–Trinajstić information content (AvgIpc) is 3.01. The molecule has 0 bridgehead atoms. The molecule has 2 aliphatic rings. The van der Waals surface area contributed by atoms with Crippen LogP contribution < -0.4 is 5.73 Å². The number of hydrogen-bond donors (Lipinski definition) is 1. The van der Waals surface area contributed by atoms with Gasteiger partial charge in [-0.25, -0.2) is 0 Å². The molecule has 2 saturated heterocycles. The summed E-state index contributed by atoms with van der Waals surface area (Å²) in [5.74, 6) is -0.0808. The monoisotopic (exact) mass is 333 g/mol. The molecule has 132 valence electrons. The molecule has 2 aliphatic heterocycles. The number of aryl methyl sites for hydroxylation is 1. The highest BCUT2D eigenvalue weighted by Gasteiger charge is 2.31. The molecule has 2 fully saturated rings. The lowest BCUT2D eigenvalue weighted by molar-refractivity contribution is -0.136. The minimum absolute atomic E-state index is 0.0346. The fraction of sp³-hybridized carbons (Fsp3) is 0.706. The lowest BCUT2D eigenvalue weighted by Gasteiger charge is -2.37. The van der Waals surface area contributed by atoms with Gasteiger partial charge in [0.1, 0.15) is 0 Å². The van der Waals surface area contributed by atoms with Gasteiger partial charge in [0.2, 0.25) is 11.8 Å². The summed E-state index contributed by atoms with van der Waals surface area (Å²) in [6, 6.07) is 2.10. The smallest absolute Gasteiger partial charge is 0.237 e. The van der Waals surface area contributed by atoms with E-state index >= 15 is 0 Å². The number of nitrogens with two attached hydrogens (primary N) is 1. The quantitative estimate of drug-likeness (QED) is 0.878. The standard InChI is InChI=1S/C17H27N5O2/c1-20-9-7-14(19-20)15-4-2-3-8-22(15)16(23)12-21-10-5-13(6-11-21)17(18)24/h7,9,13,15H,2-6,8,10-12H2,1H3,(H2,18,24)/t15-/m0/s1. The Balaban J connectivity index is 1.60. The first kappa shape index (κ1) is 17.0. The number of carbonyl (C=O) groups excluding carboxylic acids is 2. The van der Waals surface area contributed by atoms with Crippen LogP contribution in [0.15, 0.2) is 12.3 Å². The van der Waals surface area contributed by atoms with Crippen molar-refractivity contribution in [1.29, 1.82) is 0 Å². The molecule has 0 aliphatic carbocycles. The van der Waals surface area contributed by atoms with Gasteiger partial charge in [0.25, 0.3) is 0 Å². The number of rotatable bonds is 4. The SMILES string of the molecule is Cn1ccc([C@@H]2CCCCN2C(=O)CN2CCC(C(N)=O)CC2)n1. The molecule has 1 aromatic rings. The zero-order chi connectivity index (χ0) is 17.1. The molecule has 2 N–H and O–H groups in total. The second-order valence-electron chi connectivity index (χ2n) is 6.97. The number of nitrogens with zero attached hydrogens (tertiary/aromatic N) is 4. The Morgan fingerprint density at radius 2 is 1.96 bits per heavy atom. The van der Waals surface area contributed by atoms with Crippen molar-refractivity contribution in [3.8, 4) is 0 Å². The van der Waals surface area contributed by atoms with E-state index in [-0.39, 0.29) is 23.8 Å². The van der Waals surface area contributed by atoms with Gasteiger partial charge < -0.3 is 10.6 Å². The fourth-order valence-electron chi connectivity index (χ4n) is 3.81. The van der Waals surface area contributed by atoms with Gasteiger partial charge in [-0.2, -0.15) is 5.10 Å². The van der Waals surface area contributed by atoms with E-state index in [0.29, 0.717) is 6.54 Å². The number of likely N-dealkylation sites (tertiary alicyclic amines) is 2. The summed E-state index contributed by atoms with van der Waals surface area (Å²) in [6.45, 7) is 2.76. The van der Waals surface area contributed by atoms with Gasteiger partial charge in [-0.05, 0) is 51.3 Å². The highest BCUT2D eigenvalue weighted by Crippen LogP contribution is 2.30. The summed E-state index contributed by atoms with van der Waals surface area (Å²) in [6.07, 6.45) is 6.61. The highest BCUT2D eigenvalue weighted by atomic mass is 16.2. The molecule has 1 atom stereocenters. The van der Waals surface area contributed by atoms with Crippen molar-refractivity contribution in [2.45, 2.75) is 38.1 Å². The lowest BCUT2D eigenvalue weighted by Crippen LogP contribution is -2.47. The zero-order valence-electron chi connectivity index (χ0n) is 14.4. The van der Waals surface area contributed by atoms with E-state index in [0.717, 1.165) is 57.4 Å². The summed E-state index contributed by atoms with van der Waals surface area (Å²) in [5, 5.41) is 4.50. The second kappa shape index (κ2) is 7.34. The predicted octanol–water partition coefficient (Wildman–Crippen LogP) is 0.671. The Labute approximate surface area is 142 Å². The molecule has 24 heavy (non-hydrogen) atoms. The van der Waals surface area contributed by atoms with Crippen molar-refractivity contribution in [2.75, 3.05) is 26.2 Å². The summed E-state index contributed by atoms with van der Waals surface area (Å²) in [4.78, 5) is 28.2. The molecule has 0 aromatic carbocycles. The third-order valence-corrected chi connectivity index (χ3v) is 5.25. The van der Waals surface area contributed by atoms with Gasteiger partial charge in [-0.15, -0.1) is 0 Å². The lowest BCUT2D eigenvalue weighted by atomic mass is 9.96. The molecule has 0 radical (unpaired) electrons. The van der Waals surface area contributed by atoms with E-state index in [1.165, 1.54) is 0 Å². The summed E-state index contributed by atoms with van der Waals surface area (Å²) in [5.41, 5.74) is 6.36. The number of primary amides is 1. The molecule has 3 rings (SSSR count). The largest absolute Gasteiger partial charge is 0.369 e. The van der Waals surface area contributed by atoms with Crippen LogP contribution in [0.3, 0.4) is 0 Å². The van der Waals surface area contributed by atoms with E-state index in [1.54, 1.807) is 4.68 Å². The van der Waals surface area contributed by atoms with E-state index < -0.39 is 0 Å². The minimum atomic E-state index is -0.216. The van der Waals surface area contributed by atoms with Crippen LogP contribution in [-0.2, 0) is 16.6 Å². The molecular weight excluding hydrogens is 306 g/mol. The van der Waals surface area contributed by atoms with E-state index in [2.05, 4.69) is 10.00 Å². The van der Waals surface area contributed by atoms with Gasteiger partial charge in [0, 0.05) is 25.7 Å². The average molecular weight is 333 g/mol. The third kappa shape index (κ3) is 3.77. The molecule has 1 aromatic heterocycles. The topological polar surface area (TPSA) is 84.5 Å². The zero-order valence-corrected chi connectivity index (χ0v) is 14.4. The first-order valence-corrected chi connectivity index (χ1v) is 8.85. The van der Waals surface area contributed by atoms with Gasteiger partial charge in [-0.3, -0.25) is 19.2 Å². The van der Waals surface area contributed by atoms with Crippen molar-refractivity contribution in [3.63, 3.8) is 0 Å². The number of carbonyl (C=O) groups is 2. The maximum absolute atomic E-state index is 12.8. The molecule has 0 spiro atoms. The molecule has 7 heteroatoms. The van der Waals surface area contributed by atoms with Crippen molar-refractivity contribution >= 4 is 11.8 Å². The summed E-state index contributed by atoms with van der Waals surface area (Å²) >= 11 is 0. The van der Waals surface area contributed by atoms with Gasteiger partial charge >= 0.3 is 0 Å². The van der Waals surface area contributed by atoms with Crippen molar-refractivity contribution in [3.05, 3.63) is 18.0 Å². The van der Waals surface area contributed by atoms with Crippen LogP contribution in [0.4, 0.5) is 0 Å². The van der Waals surface area contributed by atoms with Crippen LogP contribution in [0.1, 0.15) is 43.8 Å². The Kier molecular flexibility index (Phi) is 5.18. The van der Waals surface area contributed by atoms with Crippen LogP contribution in [0.25, 0.3) is 0 Å². The van der Waals surface area contributed by atoms with Crippen molar-refractivity contribution in [2.24, 2.45) is 18.7 Å². The summed E-state index contributed by atoms with van der Waals surface area (Å²) < 4.78 is 1.79. The molecule has 0 saturated carbocycles. The van der Waals surface area contributed by atoms with Crippen LogP contribution in [0.2, 0.25) is 0 Å². The van der Waals surface area contributed by atoms with E-state index in [1.807, 2.05) is 24.2 Å². The van der Waals surface area contributed by atoms with Crippen LogP contribution >= 0.6 is 0 Å². The molecule has 0 unspecified atom stereocenters. The Morgan fingerprint density at radius 1 is 1.21 bits per heavy atom. The summed E-state index contributed by atoms with van der Waals surface area (Å²) in [7, 11) is 1.90. The molecular formula is C17H27N5O2. The van der Waals surface area contributed by atoms with E-state index in [4.69, 9.17) is 5.73 Å². The normalized spacial score (nSPS) is 23.4. The van der Waals surface area contributed by atoms with Crippen molar-refractivity contribution < 1.29 is 9.59 Å². The first-order valence-electron chi connectivity index (χ1n) is 8.85. The van der Waals surface area contributed by atoms with E-state index in [9.17, 15) is 9.59 Å². The molecule has 2 amide bonds. The van der Waals surface area contributed by atoms with Crippen LogP contribution in [0, 0.1) is 5.92 Å². The van der Waals surface area contributed by atoms with Crippen LogP contribution in [-0.4, -0.2) is 57.6 Å². The molecule has 3 heterocycles. The Hall–Kier alpha value is -1.89. The molecule has 7 nitrogen and oxygen atoms in total. The number of amides is 2. The Bertz CT molecular complexity index is 592. The number of hydrogen-bond acceptors (Lipinski definition) is 4. The maximum atomic E-state index is 12.8. The van der Waals surface area contributed by atoms with Crippen molar-refractivity contribution in [1.82, 2.24) is 19.6 Å². The first-order chi connectivity index (χ1) is 11.5. The fourth-order valence-corrected chi connectivity index (χ4v) is 3.81. The Morgan fingerprint density at radius 3 is 2.58 bits per heavy atom. The van der Waals surface area contributed by atoms with Crippen LogP contribution in [0.5, 0.6) is 0 Å².